The van der Waals surface area contributed by atoms with Crippen LogP contribution in [-0.4, -0.2) is 38.8 Å². The predicted molar refractivity (Wildman–Crippen MR) is 98.0 cm³/mol. The Morgan fingerprint density at radius 3 is 2.60 bits per heavy atom. The van der Waals surface area contributed by atoms with Gasteiger partial charge in [-0.05, 0) is 43.9 Å². The molecule has 1 amide bonds. The third kappa shape index (κ3) is 3.86. The lowest BCUT2D eigenvalue weighted by molar-refractivity contribution is -0.136. The first kappa shape index (κ1) is 17.5. The second-order valence-corrected chi connectivity index (χ2v) is 6.86. The molecule has 0 N–H and O–H groups in total. The Morgan fingerprint density at radius 2 is 1.96 bits per heavy atom. The number of aryl methyl sites for hydroxylation is 1. The fourth-order valence-corrected chi connectivity index (χ4v) is 3.41. The molecule has 0 radical (unpaired) electrons. The number of carbonyl (C=O) groups excluding carboxylic acids is 1. The molecule has 1 unspecified atom stereocenters. The molecule has 5 nitrogen and oxygen atoms in total. The first-order valence-electron chi connectivity index (χ1n) is 9.12. The highest BCUT2D eigenvalue weighted by Crippen LogP contribution is 2.34. The number of nitrogens with zero attached hydrogens (tertiary/aromatic N) is 4. The van der Waals surface area contributed by atoms with Crippen LogP contribution < -0.4 is 0 Å². The highest BCUT2D eigenvalue weighted by atomic mass is 16.2. The number of carbonyl (C=O) groups is 1. The van der Waals surface area contributed by atoms with Crippen molar-refractivity contribution in [1.29, 1.82) is 0 Å². The van der Waals surface area contributed by atoms with Gasteiger partial charge in [-0.3, -0.25) is 9.78 Å². The Balaban J connectivity index is 1.80. The maximum Gasteiger partial charge on any atom is 0.225 e. The Morgan fingerprint density at radius 1 is 1.28 bits per heavy atom. The van der Waals surface area contributed by atoms with Crippen LogP contribution in [0.1, 0.15) is 50.5 Å². The second-order valence-electron chi connectivity index (χ2n) is 6.86. The number of rotatable bonds is 4. The number of aromatic nitrogens is 3. The van der Waals surface area contributed by atoms with Crippen molar-refractivity contribution in [2.45, 2.75) is 46.0 Å². The lowest BCUT2D eigenvalue weighted by Gasteiger charge is -2.34. The molecule has 0 spiro atoms. The quantitative estimate of drug-likeness (QED) is 0.854. The van der Waals surface area contributed by atoms with Gasteiger partial charge in [-0.1, -0.05) is 13.8 Å². The zero-order chi connectivity index (χ0) is 17.8. The van der Waals surface area contributed by atoms with Crippen LogP contribution in [-0.2, 0) is 4.79 Å². The first-order valence-corrected chi connectivity index (χ1v) is 9.12. The van der Waals surface area contributed by atoms with E-state index in [0.717, 1.165) is 55.0 Å². The molecule has 0 aliphatic carbocycles. The fraction of sp³-hybridized carbons (Fsp3) is 0.500. The lowest BCUT2D eigenvalue weighted by atomic mass is 9.88. The summed E-state index contributed by atoms with van der Waals surface area (Å²) in [4.78, 5) is 27.7. The second kappa shape index (κ2) is 7.72. The van der Waals surface area contributed by atoms with Crippen LogP contribution in [0.3, 0.4) is 0 Å². The normalized spacial score (nSPS) is 16.7. The standard InChI is InChI=1S/C20H26N4O/c1-4-14(2)20(25)24-11-7-17(8-12-24)19-18(13-22-15(3)23-19)16-5-9-21-10-6-16/h5-6,9-10,13-14,17H,4,7-8,11-12H2,1-3H3. The smallest absolute Gasteiger partial charge is 0.225 e. The number of hydrogen-bond donors (Lipinski definition) is 0. The number of amides is 1. The molecule has 1 fully saturated rings. The summed E-state index contributed by atoms with van der Waals surface area (Å²) in [7, 11) is 0. The average molecular weight is 338 g/mol. The Bertz CT molecular complexity index is 724. The van der Waals surface area contributed by atoms with Crippen LogP contribution in [0.25, 0.3) is 11.1 Å². The summed E-state index contributed by atoms with van der Waals surface area (Å²) in [6.45, 7) is 7.64. The van der Waals surface area contributed by atoms with Crippen molar-refractivity contribution >= 4 is 5.91 Å². The van der Waals surface area contributed by atoms with Gasteiger partial charge in [-0.25, -0.2) is 9.97 Å². The highest BCUT2D eigenvalue weighted by Gasteiger charge is 2.28. The van der Waals surface area contributed by atoms with Crippen LogP contribution in [0.5, 0.6) is 0 Å². The van der Waals surface area contributed by atoms with Gasteiger partial charge in [-0.2, -0.15) is 0 Å². The molecule has 0 bridgehead atoms. The molecule has 0 aromatic carbocycles. The minimum Gasteiger partial charge on any atom is -0.342 e. The van der Waals surface area contributed by atoms with Crippen LogP contribution in [0, 0.1) is 12.8 Å². The van der Waals surface area contributed by atoms with Gasteiger partial charge in [0.05, 0.1) is 5.69 Å². The van der Waals surface area contributed by atoms with E-state index in [-0.39, 0.29) is 11.8 Å². The maximum atomic E-state index is 12.4. The largest absolute Gasteiger partial charge is 0.342 e. The van der Waals surface area contributed by atoms with Crippen molar-refractivity contribution < 1.29 is 4.79 Å². The van der Waals surface area contributed by atoms with Gasteiger partial charge in [0.1, 0.15) is 5.82 Å². The van der Waals surface area contributed by atoms with E-state index in [9.17, 15) is 4.79 Å². The predicted octanol–water partition coefficient (Wildman–Crippen LogP) is 3.60. The van der Waals surface area contributed by atoms with Gasteiger partial charge in [0.2, 0.25) is 5.91 Å². The average Bonchev–Trinajstić information content (AvgIpc) is 2.67. The monoisotopic (exact) mass is 338 g/mol. The Hall–Kier alpha value is -2.30. The van der Waals surface area contributed by atoms with Crippen molar-refractivity contribution in [2.24, 2.45) is 5.92 Å². The first-order chi connectivity index (χ1) is 12.1. The van der Waals surface area contributed by atoms with E-state index in [1.807, 2.05) is 37.1 Å². The molecule has 132 valence electrons. The van der Waals surface area contributed by atoms with Gasteiger partial charge >= 0.3 is 0 Å². The van der Waals surface area contributed by atoms with Crippen molar-refractivity contribution in [3.05, 3.63) is 42.2 Å². The van der Waals surface area contributed by atoms with E-state index in [1.165, 1.54) is 0 Å². The van der Waals surface area contributed by atoms with Gasteiger partial charge in [0.15, 0.2) is 0 Å². The summed E-state index contributed by atoms with van der Waals surface area (Å²) in [5, 5.41) is 0. The molecule has 2 aromatic heterocycles. The summed E-state index contributed by atoms with van der Waals surface area (Å²) in [6, 6.07) is 4.00. The number of pyridine rings is 1. The number of hydrogen-bond acceptors (Lipinski definition) is 4. The van der Waals surface area contributed by atoms with Crippen molar-refractivity contribution in [2.75, 3.05) is 13.1 Å². The Labute approximate surface area is 149 Å². The molecule has 2 aromatic rings. The van der Waals surface area contributed by atoms with Crippen molar-refractivity contribution in [3.63, 3.8) is 0 Å². The van der Waals surface area contributed by atoms with Crippen LogP contribution in [0.15, 0.2) is 30.7 Å². The number of piperidine rings is 1. The maximum absolute atomic E-state index is 12.4. The molecule has 0 saturated carbocycles. The van der Waals surface area contributed by atoms with Crippen LogP contribution >= 0.6 is 0 Å². The van der Waals surface area contributed by atoms with Crippen molar-refractivity contribution in [3.8, 4) is 11.1 Å². The molecule has 5 heteroatoms. The minimum absolute atomic E-state index is 0.116. The molecule has 1 saturated heterocycles. The van der Waals surface area contributed by atoms with Gasteiger partial charge < -0.3 is 4.90 Å². The molecule has 3 rings (SSSR count). The minimum atomic E-state index is 0.116. The lowest BCUT2D eigenvalue weighted by Crippen LogP contribution is -2.40. The summed E-state index contributed by atoms with van der Waals surface area (Å²) >= 11 is 0. The topological polar surface area (TPSA) is 59.0 Å². The molecular formula is C20H26N4O. The summed E-state index contributed by atoms with van der Waals surface area (Å²) < 4.78 is 0. The zero-order valence-corrected chi connectivity index (χ0v) is 15.3. The third-order valence-electron chi connectivity index (χ3n) is 5.16. The van der Waals surface area contributed by atoms with Crippen LogP contribution in [0.2, 0.25) is 0 Å². The van der Waals surface area contributed by atoms with Crippen molar-refractivity contribution in [1.82, 2.24) is 19.9 Å². The van der Waals surface area contributed by atoms with E-state index in [0.29, 0.717) is 5.92 Å². The zero-order valence-electron chi connectivity index (χ0n) is 15.3. The number of likely N-dealkylation sites (tertiary alicyclic amines) is 1. The van der Waals surface area contributed by atoms with E-state index in [2.05, 4.69) is 16.9 Å². The van der Waals surface area contributed by atoms with Crippen LogP contribution in [0.4, 0.5) is 0 Å². The van der Waals surface area contributed by atoms with Gasteiger partial charge in [-0.15, -0.1) is 0 Å². The third-order valence-corrected chi connectivity index (χ3v) is 5.16. The van der Waals surface area contributed by atoms with Gasteiger partial charge in [0.25, 0.3) is 0 Å². The summed E-state index contributed by atoms with van der Waals surface area (Å²) in [6.07, 6.45) is 8.33. The van der Waals surface area contributed by atoms with E-state index >= 15 is 0 Å². The molecule has 1 aliphatic heterocycles. The summed E-state index contributed by atoms with van der Waals surface area (Å²) in [5.74, 6) is 1.57. The molecule has 1 atom stereocenters. The fourth-order valence-electron chi connectivity index (χ4n) is 3.41. The van der Waals surface area contributed by atoms with E-state index in [4.69, 9.17) is 4.98 Å². The molecular weight excluding hydrogens is 312 g/mol. The van der Waals surface area contributed by atoms with E-state index < -0.39 is 0 Å². The SMILES string of the molecule is CCC(C)C(=O)N1CCC(c2nc(C)ncc2-c2ccncc2)CC1. The molecule has 1 aliphatic rings. The van der Waals surface area contributed by atoms with Gasteiger partial charge in [0, 0.05) is 49.1 Å². The summed E-state index contributed by atoms with van der Waals surface area (Å²) in [5.41, 5.74) is 3.29. The van der Waals surface area contributed by atoms with E-state index in [1.54, 1.807) is 12.4 Å². The highest BCUT2D eigenvalue weighted by molar-refractivity contribution is 5.78. The molecule has 3 heterocycles. The molecule has 25 heavy (non-hydrogen) atoms. The Kier molecular flexibility index (Phi) is 5.41.